The monoisotopic (exact) mass is 332 g/mol. The highest BCUT2D eigenvalue weighted by atomic mass is 16.2. The number of aryl methyl sites for hydroxylation is 2. The number of amides is 2. The van der Waals surface area contributed by atoms with Crippen molar-refractivity contribution in [3.8, 4) is 0 Å². The van der Waals surface area contributed by atoms with E-state index in [1.165, 1.54) is 37.0 Å². The van der Waals surface area contributed by atoms with Gasteiger partial charge >= 0.3 is 0 Å². The number of quaternary nitrogens is 1. The van der Waals surface area contributed by atoms with Crippen LogP contribution in [0.2, 0.25) is 0 Å². The molecule has 1 heterocycles. The van der Waals surface area contributed by atoms with E-state index in [0.717, 1.165) is 29.9 Å². The molecule has 1 aliphatic rings. The van der Waals surface area contributed by atoms with Crippen molar-refractivity contribution in [1.29, 1.82) is 0 Å². The van der Waals surface area contributed by atoms with Crippen LogP contribution in [0.15, 0.2) is 18.2 Å². The Morgan fingerprint density at radius 3 is 2.17 bits per heavy atom. The van der Waals surface area contributed by atoms with Gasteiger partial charge in [0.05, 0.1) is 19.6 Å². The van der Waals surface area contributed by atoms with Gasteiger partial charge in [0.25, 0.3) is 5.91 Å². The summed E-state index contributed by atoms with van der Waals surface area (Å²) in [5.41, 5.74) is 2.89. The highest BCUT2D eigenvalue weighted by molar-refractivity contribution is 5.95. The zero-order valence-electron chi connectivity index (χ0n) is 14.9. The third kappa shape index (κ3) is 5.96. The summed E-state index contributed by atoms with van der Waals surface area (Å²) in [6, 6.07) is 5.90. The smallest absolute Gasteiger partial charge is 0.275 e. The number of likely N-dealkylation sites (tertiary alicyclic amines) is 1. The molecular weight excluding hydrogens is 302 g/mol. The predicted octanol–water partition coefficient (Wildman–Crippen LogP) is 1.21. The molecule has 1 aliphatic heterocycles. The van der Waals surface area contributed by atoms with E-state index in [-0.39, 0.29) is 18.4 Å². The molecule has 2 rings (SSSR count). The molecule has 132 valence electrons. The molecule has 2 amide bonds. The lowest BCUT2D eigenvalue weighted by Gasteiger charge is -2.21. The Labute approximate surface area is 144 Å². The number of anilines is 1. The summed E-state index contributed by atoms with van der Waals surface area (Å²) in [5.74, 6) is -0.217. The van der Waals surface area contributed by atoms with Gasteiger partial charge in [-0.05, 0) is 50.7 Å². The maximum atomic E-state index is 12.1. The molecule has 0 unspecified atom stereocenters. The Morgan fingerprint density at radius 2 is 1.54 bits per heavy atom. The summed E-state index contributed by atoms with van der Waals surface area (Å²) < 4.78 is 0. The van der Waals surface area contributed by atoms with Crippen LogP contribution < -0.4 is 15.5 Å². The number of hydrogen-bond donors (Lipinski definition) is 3. The third-order valence-electron chi connectivity index (χ3n) is 4.66. The molecule has 0 bridgehead atoms. The fourth-order valence-corrected chi connectivity index (χ4v) is 3.25. The van der Waals surface area contributed by atoms with E-state index in [4.69, 9.17) is 0 Å². The van der Waals surface area contributed by atoms with E-state index in [1.54, 1.807) is 0 Å². The maximum Gasteiger partial charge on any atom is 0.275 e. The van der Waals surface area contributed by atoms with Gasteiger partial charge in [-0.2, -0.15) is 0 Å². The van der Waals surface area contributed by atoms with Gasteiger partial charge in [-0.1, -0.05) is 24.6 Å². The number of carbonyl (C=O) groups is 2. The first-order chi connectivity index (χ1) is 11.6. The van der Waals surface area contributed by atoms with Gasteiger partial charge in [0, 0.05) is 5.69 Å². The van der Waals surface area contributed by atoms with E-state index in [1.807, 2.05) is 32.0 Å². The molecule has 1 aromatic rings. The molecule has 0 aliphatic carbocycles. The lowest BCUT2D eigenvalue weighted by molar-refractivity contribution is -0.893. The number of nitrogens with one attached hydrogen (secondary N) is 3. The van der Waals surface area contributed by atoms with Crippen molar-refractivity contribution in [3.05, 3.63) is 29.3 Å². The molecule has 0 radical (unpaired) electrons. The number of hydrogen-bond acceptors (Lipinski definition) is 2. The molecule has 0 saturated carbocycles. The summed E-state index contributed by atoms with van der Waals surface area (Å²) in [6.07, 6.45) is 6.23. The second kappa shape index (κ2) is 9.42. The zero-order chi connectivity index (χ0) is 17.4. The van der Waals surface area contributed by atoms with E-state index >= 15 is 0 Å². The van der Waals surface area contributed by atoms with Crippen molar-refractivity contribution >= 4 is 17.5 Å². The van der Waals surface area contributed by atoms with Crippen molar-refractivity contribution in [2.45, 2.75) is 46.0 Å². The molecule has 1 fully saturated rings. The molecular formula is C19H30N3O2+. The first kappa shape index (κ1) is 18.5. The maximum absolute atomic E-state index is 12.1. The van der Waals surface area contributed by atoms with Gasteiger partial charge in [0.1, 0.15) is 0 Å². The fourth-order valence-electron chi connectivity index (χ4n) is 3.25. The van der Waals surface area contributed by atoms with Gasteiger partial charge in [-0.15, -0.1) is 0 Å². The highest BCUT2D eigenvalue weighted by Gasteiger charge is 2.16. The Hall–Kier alpha value is -1.88. The lowest BCUT2D eigenvalue weighted by Crippen LogP contribution is -3.13. The minimum atomic E-state index is -0.177. The summed E-state index contributed by atoms with van der Waals surface area (Å²) in [7, 11) is 0. The number of para-hydroxylation sites is 1. The fraction of sp³-hybridized carbons (Fsp3) is 0.579. The Balaban J connectivity index is 1.75. The SMILES string of the molecule is Cc1cccc(C)c1NC(=O)CNC(=O)C[NH+]1CCCCCCC1. The third-order valence-corrected chi connectivity index (χ3v) is 4.66. The van der Waals surface area contributed by atoms with Gasteiger partial charge in [0.15, 0.2) is 6.54 Å². The minimum absolute atomic E-state index is 0.0277. The second-order valence-corrected chi connectivity index (χ2v) is 6.79. The van der Waals surface area contributed by atoms with E-state index in [2.05, 4.69) is 10.6 Å². The molecule has 5 nitrogen and oxygen atoms in total. The number of benzene rings is 1. The second-order valence-electron chi connectivity index (χ2n) is 6.79. The van der Waals surface area contributed by atoms with Crippen LogP contribution in [0.5, 0.6) is 0 Å². The summed E-state index contributed by atoms with van der Waals surface area (Å²) in [5, 5.41) is 5.65. The quantitative estimate of drug-likeness (QED) is 0.759. The minimum Gasteiger partial charge on any atom is -0.342 e. The van der Waals surface area contributed by atoms with Crippen LogP contribution in [-0.2, 0) is 9.59 Å². The lowest BCUT2D eigenvalue weighted by atomic mass is 10.1. The topological polar surface area (TPSA) is 62.6 Å². The Bertz CT molecular complexity index is 543. The molecule has 3 N–H and O–H groups in total. The van der Waals surface area contributed by atoms with E-state index in [0.29, 0.717) is 6.54 Å². The Kier molecular flexibility index (Phi) is 7.25. The molecule has 24 heavy (non-hydrogen) atoms. The highest BCUT2D eigenvalue weighted by Crippen LogP contribution is 2.18. The largest absolute Gasteiger partial charge is 0.342 e. The standard InChI is InChI=1S/C19H29N3O2/c1-15-9-8-10-16(2)19(15)21-17(23)13-20-18(24)14-22-11-6-4-3-5-7-12-22/h8-10H,3-7,11-14H2,1-2H3,(H,20,24)(H,21,23)/p+1. The summed E-state index contributed by atoms with van der Waals surface area (Å²) in [6.45, 7) is 6.54. The first-order valence-corrected chi connectivity index (χ1v) is 9.02. The Morgan fingerprint density at radius 1 is 0.958 bits per heavy atom. The van der Waals surface area contributed by atoms with Gasteiger partial charge < -0.3 is 15.5 Å². The number of carbonyl (C=O) groups excluding carboxylic acids is 2. The van der Waals surface area contributed by atoms with Crippen LogP contribution >= 0.6 is 0 Å². The average molecular weight is 332 g/mol. The van der Waals surface area contributed by atoms with E-state index < -0.39 is 0 Å². The normalized spacial score (nSPS) is 16.1. The average Bonchev–Trinajstić information content (AvgIpc) is 2.51. The van der Waals surface area contributed by atoms with Crippen molar-refractivity contribution in [1.82, 2.24) is 5.32 Å². The van der Waals surface area contributed by atoms with Crippen molar-refractivity contribution in [2.24, 2.45) is 0 Å². The molecule has 0 aromatic heterocycles. The molecule has 5 heteroatoms. The zero-order valence-corrected chi connectivity index (χ0v) is 14.9. The van der Waals surface area contributed by atoms with Crippen LogP contribution in [0.25, 0.3) is 0 Å². The van der Waals surface area contributed by atoms with Crippen LogP contribution in [-0.4, -0.2) is 38.0 Å². The first-order valence-electron chi connectivity index (χ1n) is 9.02. The van der Waals surface area contributed by atoms with Crippen molar-refractivity contribution < 1.29 is 14.5 Å². The van der Waals surface area contributed by atoms with E-state index in [9.17, 15) is 9.59 Å². The molecule has 1 saturated heterocycles. The molecule has 0 spiro atoms. The summed E-state index contributed by atoms with van der Waals surface area (Å²) >= 11 is 0. The molecule has 1 aromatic carbocycles. The van der Waals surface area contributed by atoms with Crippen molar-refractivity contribution in [2.75, 3.05) is 31.5 Å². The molecule has 0 atom stereocenters. The van der Waals surface area contributed by atoms with Crippen LogP contribution in [0, 0.1) is 13.8 Å². The van der Waals surface area contributed by atoms with Gasteiger partial charge in [-0.25, -0.2) is 0 Å². The van der Waals surface area contributed by atoms with Gasteiger partial charge in [-0.3, -0.25) is 9.59 Å². The summed E-state index contributed by atoms with van der Waals surface area (Å²) in [4.78, 5) is 25.5. The van der Waals surface area contributed by atoms with Crippen molar-refractivity contribution in [3.63, 3.8) is 0 Å². The predicted molar refractivity (Wildman–Crippen MR) is 96.2 cm³/mol. The van der Waals surface area contributed by atoms with Crippen LogP contribution in [0.1, 0.15) is 43.2 Å². The van der Waals surface area contributed by atoms with Gasteiger partial charge in [0.2, 0.25) is 5.91 Å². The van der Waals surface area contributed by atoms with Crippen LogP contribution in [0.4, 0.5) is 5.69 Å². The van der Waals surface area contributed by atoms with Crippen LogP contribution in [0.3, 0.4) is 0 Å². The number of rotatable bonds is 5.